The molecule has 1 aliphatic heterocycles. The molecule has 0 unspecified atom stereocenters. The molecule has 0 atom stereocenters. The van der Waals surface area contributed by atoms with Crippen molar-refractivity contribution in [3.8, 4) is 0 Å². The van der Waals surface area contributed by atoms with Crippen molar-refractivity contribution >= 4 is 34.9 Å². The maximum absolute atomic E-state index is 12.5. The predicted molar refractivity (Wildman–Crippen MR) is 111 cm³/mol. The molecule has 2 aliphatic rings. The van der Waals surface area contributed by atoms with Gasteiger partial charge in [0.25, 0.3) is 5.91 Å². The summed E-state index contributed by atoms with van der Waals surface area (Å²) in [6.45, 7) is 2.86. The first-order chi connectivity index (χ1) is 14.1. The van der Waals surface area contributed by atoms with E-state index in [0.29, 0.717) is 10.7 Å². The van der Waals surface area contributed by atoms with Crippen molar-refractivity contribution in [2.45, 2.75) is 18.3 Å². The monoisotopic (exact) mass is 414 g/mol. The van der Waals surface area contributed by atoms with Gasteiger partial charge in [-0.1, -0.05) is 23.7 Å². The molecule has 2 aromatic carbocycles. The number of anilines is 2. The van der Waals surface area contributed by atoms with Crippen LogP contribution in [-0.2, 0) is 24.5 Å². The molecule has 152 valence electrons. The Labute approximate surface area is 174 Å². The molecule has 6 nitrogen and oxygen atoms in total. The maximum Gasteiger partial charge on any atom is 0.317 e. The molecule has 1 saturated carbocycles. The highest BCUT2D eigenvalue weighted by molar-refractivity contribution is 6.30. The summed E-state index contributed by atoms with van der Waals surface area (Å²) in [7, 11) is 0. The second-order valence-corrected chi connectivity index (χ2v) is 7.80. The van der Waals surface area contributed by atoms with Crippen LogP contribution in [0.4, 0.5) is 11.4 Å². The number of benzene rings is 2. The quantitative estimate of drug-likeness (QED) is 0.734. The van der Waals surface area contributed by atoms with E-state index in [1.807, 2.05) is 36.4 Å². The summed E-state index contributed by atoms with van der Waals surface area (Å²) in [4.78, 5) is 27.0. The molecule has 0 aromatic heterocycles. The fourth-order valence-corrected chi connectivity index (χ4v) is 3.67. The molecule has 0 radical (unpaired) electrons. The molecule has 0 spiro atoms. The first kappa shape index (κ1) is 19.7. The maximum atomic E-state index is 12.5. The minimum absolute atomic E-state index is 0.306. The lowest BCUT2D eigenvalue weighted by Gasteiger charge is -2.28. The van der Waals surface area contributed by atoms with Gasteiger partial charge >= 0.3 is 5.97 Å². The van der Waals surface area contributed by atoms with Gasteiger partial charge in [0, 0.05) is 29.5 Å². The number of nitrogens with zero attached hydrogens (tertiary/aromatic N) is 1. The Hall–Kier alpha value is -2.57. The fourth-order valence-electron chi connectivity index (χ4n) is 3.55. The number of hydrogen-bond donors (Lipinski definition) is 1. The third-order valence-corrected chi connectivity index (χ3v) is 5.65. The number of carbonyl (C=O) groups is 2. The van der Waals surface area contributed by atoms with E-state index < -0.39 is 5.41 Å². The Morgan fingerprint density at radius 1 is 1.03 bits per heavy atom. The van der Waals surface area contributed by atoms with Crippen LogP contribution in [0.3, 0.4) is 0 Å². The summed E-state index contributed by atoms with van der Waals surface area (Å²) in [6, 6.07) is 14.8. The molecule has 0 bridgehead atoms. The van der Waals surface area contributed by atoms with Gasteiger partial charge in [0.1, 0.15) is 0 Å². The summed E-state index contributed by atoms with van der Waals surface area (Å²) in [5.41, 5.74) is 2.01. The van der Waals surface area contributed by atoms with Crippen LogP contribution >= 0.6 is 11.6 Å². The number of morpholine rings is 1. The molecule has 1 aliphatic carbocycles. The predicted octanol–water partition coefficient (Wildman–Crippen LogP) is 3.39. The summed E-state index contributed by atoms with van der Waals surface area (Å²) < 4.78 is 10.7. The largest absolute Gasteiger partial charge is 0.455 e. The van der Waals surface area contributed by atoms with Crippen molar-refractivity contribution in [1.82, 2.24) is 0 Å². The van der Waals surface area contributed by atoms with Crippen LogP contribution in [0.1, 0.15) is 18.4 Å². The topological polar surface area (TPSA) is 67.9 Å². The molecule has 1 amide bonds. The molecule has 4 rings (SSSR count). The Morgan fingerprint density at radius 3 is 2.31 bits per heavy atom. The minimum atomic E-state index is -0.634. The van der Waals surface area contributed by atoms with Crippen LogP contribution in [0.25, 0.3) is 0 Å². The lowest BCUT2D eigenvalue weighted by molar-refractivity contribution is -0.150. The van der Waals surface area contributed by atoms with Crippen molar-refractivity contribution in [3.05, 3.63) is 59.1 Å². The smallest absolute Gasteiger partial charge is 0.317 e. The Balaban J connectivity index is 1.28. The van der Waals surface area contributed by atoms with Crippen LogP contribution in [0.5, 0.6) is 0 Å². The van der Waals surface area contributed by atoms with Gasteiger partial charge in [-0.2, -0.15) is 0 Å². The van der Waals surface area contributed by atoms with E-state index in [9.17, 15) is 9.59 Å². The molecule has 2 fully saturated rings. The summed E-state index contributed by atoms with van der Waals surface area (Å²) in [5.74, 6) is -0.720. The van der Waals surface area contributed by atoms with Gasteiger partial charge < -0.3 is 19.7 Å². The first-order valence-electron chi connectivity index (χ1n) is 9.73. The number of nitrogens with one attached hydrogen (secondary N) is 1. The van der Waals surface area contributed by atoms with Gasteiger partial charge in [-0.25, -0.2) is 0 Å². The molecular weight excluding hydrogens is 392 g/mol. The van der Waals surface area contributed by atoms with Gasteiger partial charge in [0.05, 0.1) is 18.6 Å². The third kappa shape index (κ3) is 4.54. The van der Waals surface area contributed by atoms with Crippen LogP contribution < -0.4 is 10.2 Å². The van der Waals surface area contributed by atoms with E-state index in [2.05, 4.69) is 10.2 Å². The standard InChI is InChI=1S/C22H23ClN2O4/c23-17-3-1-16(2-4-17)22(9-10-22)21(27)29-15-20(26)24-18-5-7-19(8-6-18)25-11-13-28-14-12-25/h1-8H,9-15H2,(H,24,26). The number of ether oxygens (including phenoxy) is 2. The van der Waals surface area contributed by atoms with E-state index in [1.54, 1.807) is 12.1 Å². The average molecular weight is 415 g/mol. The van der Waals surface area contributed by atoms with Gasteiger partial charge in [-0.3, -0.25) is 9.59 Å². The average Bonchev–Trinajstić information content (AvgIpc) is 3.56. The van der Waals surface area contributed by atoms with E-state index in [4.69, 9.17) is 21.1 Å². The lowest BCUT2D eigenvalue weighted by Crippen LogP contribution is -2.36. The highest BCUT2D eigenvalue weighted by Crippen LogP contribution is 2.49. The Bertz CT molecular complexity index is 873. The van der Waals surface area contributed by atoms with Crippen molar-refractivity contribution in [2.75, 3.05) is 43.1 Å². The zero-order valence-corrected chi connectivity index (χ0v) is 16.8. The Morgan fingerprint density at radius 2 is 1.69 bits per heavy atom. The number of amides is 1. The number of rotatable bonds is 6. The third-order valence-electron chi connectivity index (χ3n) is 5.40. The SMILES string of the molecule is O=C(COC(=O)C1(c2ccc(Cl)cc2)CC1)Nc1ccc(N2CCOCC2)cc1. The molecular formula is C22H23ClN2O4. The molecule has 1 N–H and O–H groups in total. The fraction of sp³-hybridized carbons (Fsp3) is 0.364. The summed E-state index contributed by atoms with van der Waals surface area (Å²) >= 11 is 5.92. The van der Waals surface area contributed by atoms with Gasteiger partial charge in [-0.05, 0) is 54.8 Å². The van der Waals surface area contributed by atoms with Crippen molar-refractivity contribution in [3.63, 3.8) is 0 Å². The van der Waals surface area contributed by atoms with E-state index in [0.717, 1.165) is 50.4 Å². The van der Waals surface area contributed by atoms with Crippen LogP contribution in [-0.4, -0.2) is 44.8 Å². The van der Waals surface area contributed by atoms with Crippen molar-refractivity contribution in [1.29, 1.82) is 0 Å². The molecule has 7 heteroatoms. The van der Waals surface area contributed by atoms with Gasteiger partial charge in [-0.15, -0.1) is 0 Å². The van der Waals surface area contributed by atoms with Crippen LogP contribution in [0, 0.1) is 0 Å². The Kier molecular flexibility index (Phi) is 5.74. The minimum Gasteiger partial charge on any atom is -0.455 e. The van der Waals surface area contributed by atoms with E-state index >= 15 is 0 Å². The highest BCUT2D eigenvalue weighted by Gasteiger charge is 2.52. The van der Waals surface area contributed by atoms with Gasteiger partial charge in [0.2, 0.25) is 0 Å². The molecule has 1 saturated heterocycles. The second-order valence-electron chi connectivity index (χ2n) is 7.36. The molecule has 29 heavy (non-hydrogen) atoms. The number of carbonyl (C=O) groups excluding carboxylic acids is 2. The second kappa shape index (κ2) is 8.43. The van der Waals surface area contributed by atoms with Crippen molar-refractivity contribution in [2.24, 2.45) is 0 Å². The normalized spacial score (nSPS) is 17.5. The highest BCUT2D eigenvalue weighted by atomic mass is 35.5. The number of esters is 1. The lowest BCUT2D eigenvalue weighted by atomic mass is 9.96. The molecule has 2 aromatic rings. The first-order valence-corrected chi connectivity index (χ1v) is 10.1. The summed E-state index contributed by atoms with van der Waals surface area (Å²) in [5, 5.41) is 3.39. The zero-order valence-electron chi connectivity index (χ0n) is 16.0. The zero-order chi connectivity index (χ0) is 20.3. The van der Waals surface area contributed by atoms with Crippen LogP contribution in [0.15, 0.2) is 48.5 Å². The molecule has 1 heterocycles. The summed E-state index contributed by atoms with van der Waals surface area (Å²) in [6.07, 6.45) is 1.44. The number of halogens is 1. The number of hydrogen-bond acceptors (Lipinski definition) is 5. The van der Waals surface area contributed by atoms with Crippen molar-refractivity contribution < 1.29 is 19.1 Å². The van der Waals surface area contributed by atoms with Gasteiger partial charge in [0.15, 0.2) is 6.61 Å². The van der Waals surface area contributed by atoms with Crippen LogP contribution in [0.2, 0.25) is 5.02 Å². The van der Waals surface area contributed by atoms with E-state index in [1.165, 1.54) is 0 Å². The van der Waals surface area contributed by atoms with E-state index in [-0.39, 0.29) is 18.5 Å².